The van der Waals surface area contributed by atoms with Gasteiger partial charge in [-0.1, -0.05) is 12.8 Å². The first-order chi connectivity index (χ1) is 9.24. The second kappa shape index (κ2) is 5.59. The van der Waals surface area contributed by atoms with Crippen molar-refractivity contribution in [2.24, 2.45) is 0 Å². The fourth-order valence-corrected chi connectivity index (χ4v) is 4.11. The molecule has 0 radical (unpaired) electrons. The Morgan fingerprint density at radius 1 is 1.42 bits per heavy atom. The predicted molar refractivity (Wildman–Crippen MR) is 79.8 cm³/mol. The molecule has 3 rings (SSSR count). The molecule has 1 fully saturated rings. The van der Waals surface area contributed by atoms with Gasteiger partial charge < -0.3 is 0 Å². The predicted octanol–water partition coefficient (Wildman–Crippen LogP) is 4.25. The van der Waals surface area contributed by atoms with Crippen LogP contribution in [0.3, 0.4) is 0 Å². The average Bonchev–Trinajstić information content (AvgIpc) is 3.07. The standard InChI is InChI=1S/C14H15BrN2OS/c15-12-6-8-19-14(12)13(18)9-10-5-7-17(16-10)11-3-1-2-4-11/h5-8,11H,1-4,9H2. The molecule has 1 aliphatic carbocycles. The van der Waals surface area contributed by atoms with Gasteiger partial charge in [0.05, 0.1) is 23.0 Å². The number of carbonyl (C=O) groups excluding carboxylic acids is 1. The van der Waals surface area contributed by atoms with Gasteiger partial charge in [0.1, 0.15) is 0 Å². The zero-order chi connectivity index (χ0) is 13.2. The van der Waals surface area contributed by atoms with Crippen LogP contribution in [-0.2, 0) is 6.42 Å². The van der Waals surface area contributed by atoms with Gasteiger partial charge in [0.15, 0.2) is 5.78 Å². The summed E-state index contributed by atoms with van der Waals surface area (Å²) in [5.41, 5.74) is 0.872. The zero-order valence-electron chi connectivity index (χ0n) is 10.5. The quantitative estimate of drug-likeness (QED) is 0.781. The number of aromatic nitrogens is 2. The molecule has 5 heteroatoms. The highest BCUT2D eigenvalue weighted by molar-refractivity contribution is 9.10. The van der Waals surface area contributed by atoms with Crippen molar-refractivity contribution in [1.29, 1.82) is 0 Å². The Hall–Kier alpha value is -0.940. The first-order valence-electron chi connectivity index (χ1n) is 6.54. The topological polar surface area (TPSA) is 34.9 Å². The molecule has 0 N–H and O–H groups in total. The normalized spacial score (nSPS) is 16.1. The van der Waals surface area contributed by atoms with Gasteiger partial charge in [0.2, 0.25) is 0 Å². The Morgan fingerprint density at radius 2 is 2.21 bits per heavy atom. The lowest BCUT2D eigenvalue weighted by Gasteiger charge is -2.08. The van der Waals surface area contributed by atoms with E-state index in [1.807, 2.05) is 28.4 Å². The maximum absolute atomic E-state index is 12.2. The molecule has 100 valence electrons. The number of Topliss-reactive ketones (excluding diaryl/α,β-unsaturated/α-hetero) is 1. The molecule has 2 heterocycles. The van der Waals surface area contributed by atoms with E-state index in [1.54, 1.807) is 0 Å². The maximum atomic E-state index is 12.2. The van der Waals surface area contributed by atoms with E-state index >= 15 is 0 Å². The smallest absolute Gasteiger partial charge is 0.179 e. The first kappa shape index (κ1) is 13.1. The third-order valence-corrected chi connectivity index (χ3v) is 5.45. The van der Waals surface area contributed by atoms with E-state index < -0.39 is 0 Å². The lowest BCUT2D eigenvalue weighted by atomic mass is 10.2. The molecule has 0 amide bonds. The minimum atomic E-state index is 0.138. The van der Waals surface area contributed by atoms with Crippen LogP contribution in [0.25, 0.3) is 0 Å². The van der Waals surface area contributed by atoms with Gasteiger partial charge in [-0.2, -0.15) is 5.10 Å². The van der Waals surface area contributed by atoms with Crippen LogP contribution in [0, 0.1) is 0 Å². The number of thiophene rings is 1. The molecule has 0 atom stereocenters. The van der Waals surface area contributed by atoms with E-state index in [2.05, 4.69) is 21.0 Å². The lowest BCUT2D eigenvalue weighted by Crippen LogP contribution is -2.07. The highest BCUT2D eigenvalue weighted by Gasteiger charge is 2.19. The van der Waals surface area contributed by atoms with E-state index in [-0.39, 0.29) is 5.78 Å². The van der Waals surface area contributed by atoms with Crippen molar-refractivity contribution in [3.63, 3.8) is 0 Å². The van der Waals surface area contributed by atoms with Crippen molar-refractivity contribution in [2.75, 3.05) is 0 Å². The molecule has 19 heavy (non-hydrogen) atoms. The second-order valence-electron chi connectivity index (χ2n) is 4.92. The highest BCUT2D eigenvalue weighted by atomic mass is 79.9. The minimum Gasteiger partial charge on any atom is -0.293 e. The van der Waals surface area contributed by atoms with Crippen molar-refractivity contribution >= 4 is 33.0 Å². The number of hydrogen-bond acceptors (Lipinski definition) is 3. The summed E-state index contributed by atoms with van der Waals surface area (Å²) in [6.07, 6.45) is 7.42. The van der Waals surface area contributed by atoms with E-state index in [0.29, 0.717) is 12.5 Å². The van der Waals surface area contributed by atoms with Crippen LogP contribution in [-0.4, -0.2) is 15.6 Å². The minimum absolute atomic E-state index is 0.138. The molecule has 3 nitrogen and oxygen atoms in total. The van der Waals surface area contributed by atoms with Gasteiger partial charge >= 0.3 is 0 Å². The van der Waals surface area contributed by atoms with Crippen LogP contribution < -0.4 is 0 Å². The summed E-state index contributed by atoms with van der Waals surface area (Å²) in [4.78, 5) is 12.9. The van der Waals surface area contributed by atoms with Gasteiger partial charge in [-0.15, -0.1) is 11.3 Å². The molecule has 0 spiro atoms. The maximum Gasteiger partial charge on any atom is 0.179 e. The van der Waals surface area contributed by atoms with Gasteiger partial charge in [0, 0.05) is 10.7 Å². The second-order valence-corrected chi connectivity index (χ2v) is 6.69. The van der Waals surface area contributed by atoms with Crippen LogP contribution in [0.1, 0.15) is 47.1 Å². The Balaban J connectivity index is 1.70. The van der Waals surface area contributed by atoms with Crippen LogP contribution in [0.5, 0.6) is 0 Å². The average molecular weight is 339 g/mol. The van der Waals surface area contributed by atoms with Crippen LogP contribution in [0.4, 0.5) is 0 Å². The van der Waals surface area contributed by atoms with Gasteiger partial charge in [-0.05, 0) is 46.3 Å². The monoisotopic (exact) mass is 338 g/mol. The fourth-order valence-electron chi connectivity index (χ4n) is 2.58. The highest BCUT2D eigenvalue weighted by Crippen LogP contribution is 2.29. The lowest BCUT2D eigenvalue weighted by molar-refractivity contribution is 0.0995. The van der Waals surface area contributed by atoms with Crippen molar-refractivity contribution in [3.05, 3.63) is 38.8 Å². The number of halogens is 1. The van der Waals surface area contributed by atoms with Crippen LogP contribution >= 0.6 is 27.3 Å². The van der Waals surface area contributed by atoms with Gasteiger partial charge in [-0.3, -0.25) is 9.48 Å². The van der Waals surface area contributed by atoms with Crippen molar-refractivity contribution in [3.8, 4) is 0 Å². The molecular formula is C14H15BrN2OS. The van der Waals surface area contributed by atoms with Gasteiger partial charge in [-0.25, -0.2) is 0 Å². The summed E-state index contributed by atoms with van der Waals surface area (Å²) < 4.78 is 2.93. The summed E-state index contributed by atoms with van der Waals surface area (Å²) >= 11 is 4.88. The third-order valence-electron chi connectivity index (χ3n) is 3.57. The largest absolute Gasteiger partial charge is 0.293 e. The van der Waals surface area contributed by atoms with Gasteiger partial charge in [0.25, 0.3) is 0 Å². The van der Waals surface area contributed by atoms with Crippen LogP contribution in [0.2, 0.25) is 0 Å². The summed E-state index contributed by atoms with van der Waals surface area (Å²) in [5, 5.41) is 6.48. The Labute approximate surface area is 124 Å². The molecule has 0 aliphatic heterocycles. The summed E-state index contributed by atoms with van der Waals surface area (Å²) in [5.74, 6) is 0.138. The number of rotatable bonds is 4. The molecule has 0 bridgehead atoms. The molecule has 2 aromatic rings. The number of carbonyl (C=O) groups is 1. The summed E-state index contributed by atoms with van der Waals surface area (Å²) in [6, 6.07) is 4.42. The van der Waals surface area contributed by atoms with Crippen LogP contribution in [0.15, 0.2) is 28.2 Å². The van der Waals surface area contributed by atoms with E-state index in [1.165, 1.54) is 37.0 Å². The summed E-state index contributed by atoms with van der Waals surface area (Å²) in [6.45, 7) is 0. The Kier molecular flexibility index (Phi) is 3.84. The van der Waals surface area contributed by atoms with Crippen molar-refractivity contribution in [1.82, 2.24) is 9.78 Å². The Morgan fingerprint density at radius 3 is 2.89 bits per heavy atom. The van der Waals surface area contributed by atoms with Crippen molar-refractivity contribution in [2.45, 2.75) is 38.1 Å². The summed E-state index contributed by atoms with van der Waals surface area (Å²) in [7, 11) is 0. The SMILES string of the molecule is O=C(Cc1ccn(C2CCCC2)n1)c1sccc1Br. The molecule has 0 aromatic carbocycles. The molecule has 0 saturated heterocycles. The van der Waals surface area contributed by atoms with Crippen molar-refractivity contribution < 1.29 is 4.79 Å². The number of ketones is 1. The fraction of sp³-hybridized carbons (Fsp3) is 0.429. The number of hydrogen-bond donors (Lipinski definition) is 0. The Bertz CT molecular complexity index is 584. The third kappa shape index (κ3) is 2.82. The zero-order valence-corrected chi connectivity index (χ0v) is 12.9. The molecule has 1 aliphatic rings. The molecule has 0 unspecified atom stereocenters. The van der Waals surface area contributed by atoms with E-state index in [9.17, 15) is 4.79 Å². The van der Waals surface area contributed by atoms with E-state index in [0.717, 1.165) is 15.0 Å². The first-order valence-corrected chi connectivity index (χ1v) is 8.21. The van der Waals surface area contributed by atoms with E-state index in [4.69, 9.17) is 0 Å². The molecule has 2 aromatic heterocycles. The number of nitrogens with zero attached hydrogens (tertiary/aromatic N) is 2. The molecule has 1 saturated carbocycles. The molecular weight excluding hydrogens is 324 g/mol.